The summed E-state index contributed by atoms with van der Waals surface area (Å²) >= 11 is 0. The SMILES string of the molecule is C=Cc1ccnc(-c2ccc(CC#N)cc2)n1. The summed E-state index contributed by atoms with van der Waals surface area (Å²) in [4.78, 5) is 8.55. The summed E-state index contributed by atoms with van der Waals surface area (Å²) < 4.78 is 0. The second-order valence-electron chi connectivity index (χ2n) is 3.54. The van der Waals surface area contributed by atoms with Crippen molar-refractivity contribution in [1.82, 2.24) is 9.97 Å². The highest BCUT2D eigenvalue weighted by molar-refractivity contribution is 5.57. The van der Waals surface area contributed by atoms with Crippen LogP contribution in [0.15, 0.2) is 43.1 Å². The van der Waals surface area contributed by atoms with Crippen LogP contribution in [0.3, 0.4) is 0 Å². The van der Waals surface area contributed by atoms with E-state index in [1.54, 1.807) is 18.3 Å². The fourth-order valence-corrected chi connectivity index (χ4v) is 1.49. The van der Waals surface area contributed by atoms with Crippen molar-refractivity contribution in [1.29, 1.82) is 5.26 Å². The molecule has 1 aromatic carbocycles. The Kier molecular flexibility index (Phi) is 3.27. The van der Waals surface area contributed by atoms with Gasteiger partial charge in [0.2, 0.25) is 0 Å². The van der Waals surface area contributed by atoms with Gasteiger partial charge < -0.3 is 0 Å². The van der Waals surface area contributed by atoms with Gasteiger partial charge in [0, 0.05) is 11.8 Å². The Morgan fingerprint density at radius 2 is 2.00 bits per heavy atom. The normalized spacial score (nSPS) is 9.59. The smallest absolute Gasteiger partial charge is 0.159 e. The highest BCUT2D eigenvalue weighted by Crippen LogP contribution is 2.16. The van der Waals surface area contributed by atoms with Gasteiger partial charge in [-0.2, -0.15) is 5.26 Å². The molecule has 2 rings (SSSR count). The first-order valence-corrected chi connectivity index (χ1v) is 5.25. The molecule has 0 spiro atoms. The van der Waals surface area contributed by atoms with E-state index in [1.807, 2.05) is 24.3 Å². The molecule has 0 radical (unpaired) electrons. The Labute approximate surface area is 100 Å². The molecule has 2 aromatic rings. The molecule has 1 heterocycles. The van der Waals surface area contributed by atoms with Crippen molar-refractivity contribution in [2.45, 2.75) is 6.42 Å². The van der Waals surface area contributed by atoms with Gasteiger partial charge in [-0.05, 0) is 17.7 Å². The molecule has 0 bridgehead atoms. The predicted octanol–water partition coefficient (Wildman–Crippen LogP) is 2.85. The predicted molar refractivity (Wildman–Crippen MR) is 66.9 cm³/mol. The van der Waals surface area contributed by atoms with Crippen molar-refractivity contribution >= 4 is 6.08 Å². The number of nitriles is 1. The molecule has 0 atom stereocenters. The van der Waals surface area contributed by atoms with Crippen molar-refractivity contribution < 1.29 is 0 Å². The zero-order valence-electron chi connectivity index (χ0n) is 9.30. The van der Waals surface area contributed by atoms with Gasteiger partial charge in [0.15, 0.2) is 5.82 Å². The van der Waals surface area contributed by atoms with Gasteiger partial charge >= 0.3 is 0 Å². The minimum absolute atomic E-state index is 0.424. The van der Waals surface area contributed by atoms with E-state index in [2.05, 4.69) is 22.6 Å². The molecule has 0 aliphatic heterocycles. The van der Waals surface area contributed by atoms with Gasteiger partial charge in [-0.1, -0.05) is 30.8 Å². The summed E-state index contributed by atoms with van der Waals surface area (Å²) in [5.41, 5.74) is 2.74. The highest BCUT2D eigenvalue weighted by atomic mass is 14.9. The third kappa shape index (κ3) is 2.56. The highest BCUT2D eigenvalue weighted by Gasteiger charge is 2.01. The summed E-state index contributed by atoms with van der Waals surface area (Å²) in [6, 6.07) is 11.6. The van der Waals surface area contributed by atoms with Crippen molar-refractivity contribution in [3.8, 4) is 17.5 Å². The zero-order chi connectivity index (χ0) is 12.1. The van der Waals surface area contributed by atoms with E-state index in [0.717, 1.165) is 16.8 Å². The van der Waals surface area contributed by atoms with Crippen LogP contribution in [-0.4, -0.2) is 9.97 Å². The van der Waals surface area contributed by atoms with Crippen LogP contribution in [0.25, 0.3) is 17.5 Å². The molecule has 0 N–H and O–H groups in total. The van der Waals surface area contributed by atoms with Crippen LogP contribution in [-0.2, 0) is 6.42 Å². The second kappa shape index (κ2) is 5.04. The quantitative estimate of drug-likeness (QED) is 0.800. The standard InChI is InChI=1S/C14H11N3/c1-2-13-8-10-16-14(17-13)12-5-3-11(4-6-12)7-9-15/h2-6,8,10H,1,7H2. The van der Waals surface area contributed by atoms with E-state index in [4.69, 9.17) is 5.26 Å². The average Bonchev–Trinajstić information content (AvgIpc) is 2.40. The number of benzene rings is 1. The molecule has 0 saturated heterocycles. The number of rotatable bonds is 3. The van der Waals surface area contributed by atoms with Crippen molar-refractivity contribution in [2.75, 3.05) is 0 Å². The molecule has 0 saturated carbocycles. The number of nitrogens with zero attached hydrogens (tertiary/aromatic N) is 3. The first-order chi connectivity index (χ1) is 8.33. The van der Waals surface area contributed by atoms with Crippen molar-refractivity contribution in [3.63, 3.8) is 0 Å². The molecular formula is C14H11N3. The van der Waals surface area contributed by atoms with Gasteiger partial charge in [-0.15, -0.1) is 0 Å². The Balaban J connectivity index is 2.33. The maximum Gasteiger partial charge on any atom is 0.159 e. The van der Waals surface area contributed by atoms with Crippen molar-refractivity contribution in [3.05, 3.63) is 54.4 Å². The Hall–Kier alpha value is -2.47. The first-order valence-electron chi connectivity index (χ1n) is 5.25. The van der Waals surface area contributed by atoms with Gasteiger partial charge in [-0.25, -0.2) is 9.97 Å². The molecule has 0 aliphatic carbocycles. The molecule has 0 amide bonds. The first kappa shape index (κ1) is 11.0. The van der Waals surface area contributed by atoms with Crippen LogP contribution in [0.4, 0.5) is 0 Å². The Bertz CT molecular complexity index is 565. The van der Waals surface area contributed by atoms with Gasteiger partial charge in [0.1, 0.15) is 0 Å². The van der Waals surface area contributed by atoms with Crippen LogP contribution in [0, 0.1) is 11.3 Å². The van der Waals surface area contributed by atoms with Gasteiger partial charge in [0.05, 0.1) is 18.2 Å². The molecule has 1 aromatic heterocycles. The van der Waals surface area contributed by atoms with E-state index < -0.39 is 0 Å². The number of aromatic nitrogens is 2. The van der Waals surface area contributed by atoms with Crippen LogP contribution >= 0.6 is 0 Å². The van der Waals surface area contributed by atoms with E-state index >= 15 is 0 Å². The molecule has 17 heavy (non-hydrogen) atoms. The lowest BCUT2D eigenvalue weighted by molar-refractivity contribution is 1.16. The number of hydrogen-bond acceptors (Lipinski definition) is 3. The Morgan fingerprint density at radius 3 is 2.65 bits per heavy atom. The third-order valence-electron chi connectivity index (χ3n) is 2.38. The summed E-state index contributed by atoms with van der Waals surface area (Å²) in [5.74, 6) is 0.672. The Morgan fingerprint density at radius 1 is 1.24 bits per heavy atom. The van der Waals surface area contributed by atoms with E-state index in [9.17, 15) is 0 Å². The van der Waals surface area contributed by atoms with Crippen LogP contribution in [0.5, 0.6) is 0 Å². The molecule has 0 aliphatic rings. The second-order valence-corrected chi connectivity index (χ2v) is 3.54. The molecule has 0 unspecified atom stereocenters. The van der Waals surface area contributed by atoms with Crippen LogP contribution < -0.4 is 0 Å². The minimum Gasteiger partial charge on any atom is -0.237 e. The molecule has 82 valence electrons. The lowest BCUT2D eigenvalue weighted by atomic mass is 10.1. The summed E-state index contributed by atoms with van der Waals surface area (Å²) in [6.45, 7) is 3.68. The van der Waals surface area contributed by atoms with E-state index in [0.29, 0.717) is 12.2 Å². The fourth-order valence-electron chi connectivity index (χ4n) is 1.49. The van der Waals surface area contributed by atoms with E-state index in [1.165, 1.54) is 0 Å². The van der Waals surface area contributed by atoms with Crippen LogP contribution in [0.2, 0.25) is 0 Å². The van der Waals surface area contributed by atoms with Gasteiger partial charge in [0.25, 0.3) is 0 Å². The molecule has 0 fully saturated rings. The lowest BCUT2D eigenvalue weighted by Crippen LogP contribution is -1.91. The zero-order valence-corrected chi connectivity index (χ0v) is 9.30. The summed E-state index contributed by atoms with van der Waals surface area (Å²) in [5, 5.41) is 8.59. The summed E-state index contributed by atoms with van der Waals surface area (Å²) in [6.07, 6.45) is 3.83. The maximum atomic E-state index is 8.59. The van der Waals surface area contributed by atoms with Crippen LogP contribution in [0.1, 0.15) is 11.3 Å². The monoisotopic (exact) mass is 221 g/mol. The summed E-state index contributed by atoms with van der Waals surface area (Å²) in [7, 11) is 0. The molecule has 3 nitrogen and oxygen atoms in total. The molecular weight excluding hydrogens is 210 g/mol. The lowest BCUT2D eigenvalue weighted by Gasteiger charge is -2.01. The largest absolute Gasteiger partial charge is 0.237 e. The fraction of sp³-hybridized carbons (Fsp3) is 0.0714. The molecule has 3 heteroatoms. The average molecular weight is 221 g/mol. The topological polar surface area (TPSA) is 49.6 Å². The third-order valence-corrected chi connectivity index (χ3v) is 2.38. The van der Waals surface area contributed by atoms with Crippen molar-refractivity contribution in [2.24, 2.45) is 0 Å². The number of hydrogen-bond donors (Lipinski definition) is 0. The maximum absolute atomic E-state index is 8.59. The van der Waals surface area contributed by atoms with Gasteiger partial charge in [-0.3, -0.25) is 0 Å². The van der Waals surface area contributed by atoms with E-state index in [-0.39, 0.29) is 0 Å². The minimum atomic E-state index is 0.424.